The van der Waals surface area contributed by atoms with Crippen molar-refractivity contribution in [2.75, 3.05) is 29.9 Å². The van der Waals surface area contributed by atoms with E-state index in [1.165, 1.54) is 0 Å². The number of amides is 2. The average molecular weight is 372 g/mol. The van der Waals surface area contributed by atoms with Crippen molar-refractivity contribution in [1.29, 1.82) is 0 Å². The number of carbonyl (C=O) groups excluding carboxylic acids is 2. The van der Waals surface area contributed by atoms with Crippen LogP contribution in [0.5, 0.6) is 0 Å². The molecule has 2 amide bonds. The molecule has 1 unspecified atom stereocenters. The molecule has 1 aromatic carbocycles. The Morgan fingerprint density at radius 3 is 2.58 bits per heavy atom. The molecule has 7 heteroatoms. The van der Waals surface area contributed by atoms with Crippen LogP contribution in [0.3, 0.4) is 0 Å². The van der Waals surface area contributed by atoms with Crippen LogP contribution in [-0.2, 0) is 4.79 Å². The Labute approximate surface area is 154 Å². The summed E-state index contributed by atoms with van der Waals surface area (Å²) in [5.74, 6) is 1.87. The van der Waals surface area contributed by atoms with Crippen molar-refractivity contribution in [3.8, 4) is 0 Å². The molecule has 0 aromatic heterocycles. The zero-order valence-corrected chi connectivity index (χ0v) is 15.8. The van der Waals surface area contributed by atoms with Crippen molar-refractivity contribution < 1.29 is 9.59 Å². The van der Waals surface area contributed by atoms with Gasteiger partial charge in [0.05, 0.1) is 6.04 Å². The zero-order valence-electron chi connectivity index (χ0n) is 14.2. The van der Waals surface area contributed by atoms with Crippen molar-refractivity contribution in [3.05, 3.63) is 29.3 Å². The maximum Gasteiger partial charge on any atom is 0.253 e. The van der Waals surface area contributed by atoms with Crippen LogP contribution in [0.1, 0.15) is 35.7 Å². The highest BCUT2D eigenvalue weighted by Gasteiger charge is 2.19. The molecule has 1 saturated heterocycles. The van der Waals surface area contributed by atoms with E-state index < -0.39 is 6.04 Å². The Morgan fingerprint density at radius 2 is 2.00 bits per heavy atom. The van der Waals surface area contributed by atoms with Crippen molar-refractivity contribution >= 4 is 41.7 Å². The lowest BCUT2D eigenvalue weighted by atomic mass is 10.1. The number of carbonyl (C=O) groups is 2. The van der Waals surface area contributed by atoms with Crippen LogP contribution in [0.4, 0.5) is 5.69 Å². The molecule has 0 saturated carbocycles. The van der Waals surface area contributed by atoms with Gasteiger partial charge >= 0.3 is 0 Å². The summed E-state index contributed by atoms with van der Waals surface area (Å²) in [7, 11) is 0. The van der Waals surface area contributed by atoms with Gasteiger partial charge in [-0.15, -0.1) is 12.4 Å². The smallest absolute Gasteiger partial charge is 0.253 e. The molecule has 1 aromatic rings. The Bertz CT molecular complexity index is 577. The summed E-state index contributed by atoms with van der Waals surface area (Å²) < 4.78 is 0. The van der Waals surface area contributed by atoms with E-state index in [2.05, 4.69) is 5.32 Å². The molecule has 5 nitrogen and oxygen atoms in total. The van der Waals surface area contributed by atoms with Gasteiger partial charge in [0.1, 0.15) is 0 Å². The number of benzene rings is 1. The van der Waals surface area contributed by atoms with E-state index >= 15 is 0 Å². The quantitative estimate of drug-likeness (QED) is 0.834. The summed E-state index contributed by atoms with van der Waals surface area (Å²) in [5.41, 5.74) is 8.09. The standard InChI is InChI=1S/C17H25N3O2S.ClH/c1-3-4-14(18)16(21)19-15-6-5-13(11-12(15)2)17(22)20-7-9-23-10-8-20;/h5-6,11,14H,3-4,7-10,18H2,1-2H3,(H,19,21);1H. The van der Waals surface area contributed by atoms with Crippen molar-refractivity contribution in [3.63, 3.8) is 0 Å². The number of rotatable bonds is 5. The predicted molar refractivity (Wildman–Crippen MR) is 103 cm³/mol. The fourth-order valence-electron chi connectivity index (χ4n) is 2.55. The van der Waals surface area contributed by atoms with Crippen molar-refractivity contribution in [2.45, 2.75) is 32.7 Å². The number of halogens is 1. The lowest BCUT2D eigenvalue weighted by molar-refractivity contribution is -0.117. The highest BCUT2D eigenvalue weighted by Crippen LogP contribution is 2.19. The number of nitrogens with two attached hydrogens (primary N) is 1. The second kappa shape index (κ2) is 9.91. The monoisotopic (exact) mass is 371 g/mol. The van der Waals surface area contributed by atoms with Crippen LogP contribution < -0.4 is 11.1 Å². The van der Waals surface area contributed by atoms with Gasteiger partial charge in [-0.05, 0) is 37.1 Å². The number of aryl methyl sites for hydroxylation is 1. The Hall–Kier alpha value is -1.24. The highest BCUT2D eigenvalue weighted by molar-refractivity contribution is 7.99. The van der Waals surface area contributed by atoms with Gasteiger partial charge in [0, 0.05) is 35.8 Å². The lowest BCUT2D eigenvalue weighted by Crippen LogP contribution is -2.38. The maximum atomic E-state index is 12.5. The third-order valence-corrected chi connectivity index (χ3v) is 4.91. The molecule has 3 N–H and O–H groups in total. The molecule has 2 rings (SSSR count). The van der Waals surface area contributed by atoms with Crippen LogP contribution in [0.2, 0.25) is 0 Å². The van der Waals surface area contributed by atoms with Gasteiger partial charge in [-0.1, -0.05) is 13.3 Å². The van der Waals surface area contributed by atoms with E-state index in [9.17, 15) is 9.59 Å². The van der Waals surface area contributed by atoms with Gasteiger partial charge < -0.3 is 16.0 Å². The predicted octanol–water partition coefficient (Wildman–Crippen LogP) is 2.67. The molecule has 1 heterocycles. The number of hydrogen-bond donors (Lipinski definition) is 2. The molecule has 24 heavy (non-hydrogen) atoms. The van der Waals surface area contributed by atoms with Crippen molar-refractivity contribution in [2.24, 2.45) is 5.73 Å². The van der Waals surface area contributed by atoms with E-state index in [0.29, 0.717) is 17.7 Å². The summed E-state index contributed by atoms with van der Waals surface area (Å²) in [6.45, 7) is 5.49. The summed E-state index contributed by atoms with van der Waals surface area (Å²) in [6, 6.07) is 4.91. The van der Waals surface area contributed by atoms with Gasteiger partial charge in [-0.2, -0.15) is 11.8 Å². The molecular weight excluding hydrogens is 346 g/mol. The lowest BCUT2D eigenvalue weighted by Gasteiger charge is -2.26. The van der Waals surface area contributed by atoms with Crippen molar-refractivity contribution in [1.82, 2.24) is 4.90 Å². The van der Waals surface area contributed by atoms with E-state index in [0.717, 1.165) is 36.6 Å². The van der Waals surface area contributed by atoms with Crippen LogP contribution >= 0.6 is 24.2 Å². The highest BCUT2D eigenvalue weighted by atomic mass is 35.5. The second-order valence-electron chi connectivity index (χ2n) is 5.82. The molecule has 0 bridgehead atoms. The molecule has 0 spiro atoms. The molecule has 134 valence electrons. The van der Waals surface area contributed by atoms with Crippen LogP contribution in [0.25, 0.3) is 0 Å². The third-order valence-electron chi connectivity index (χ3n) is 3.97. The fourth-order valence-corrected chi connectivity index (χ4v) is 3.46. The van der Waals surface area contributed by atoms with E-state index in [-0.39, 0.29) is 24.2 Å². The molecule has 1 aliphatic rings. The molecular formula is C17H26ClN3O2S. The third kappa shape index (κ3) is 5.40. The second-order valence-corrected chi connectivity index (χ2v) is 7.04. The molecule has 0 aliphatic carbocycles. The molecule has 0 radical (unpaired) electrons. The topological polar surface area (TPSA) is 75.4 Å². The molecule has 1 fully saturated rings. The largest absolute Gasteiger partial charge is 0.337 e. The zero-order chi connectivity index (χ0) is 16.8. The van der Waals surface area contributed by atoms with Gasteiger partial charge in [0.2, 0.25) is 5.91 Å². The number of hydrogen-bond acceptors (Lipinski definition) is 4. The first-order valence-corrected chi connectivity index (χ1v) is 9.22. The first-order valence-electron chi connectivity index (χ1n) is 8.07. The maximum absolute atomic E-state index is 12.5. The average Bonchev–Trinajstić information content (AvgIpc) is 2.57. The number of nitrogens with one attached hydrogen (secondary N) is 1. The number of thioether (sulfide) groups is 1. The summed E-state index contributed by atoms with van der Waals surface area (Å²) in [4.78, 5) is 26.4. The Kier molecular flexibility index (Phi) is 8.59. The van der Waals surface area contributed by atoms with Gasteiger partial charge in [0.25, 0.3) is 5.91 Å². The van der Waals surface area contributed by atoms with Crippen LogP contribution in [0.15, 0.2) is 18.2 Å². The summed E-state index contributed by atoms with van der Waals surface area (Å²) in [6.07, 6.45) is 1.53. The first kappa shape index (κ1) is 20.8. The van der Waals surface area contributed by atoms with E-state index in [4.69, 9.17) is 5.73 Å². The van der Waals surface area contributed by atoms with E-state index in [1.807, 2.05) is 36.6 Å². The minimum Gasteiger partial charge on any atom is -0.337 e. The summed E-state index contributed by atoms with van der Waals surface area (Å²) >= 11 is 1.88. The number of nitrogens with zero attached hydrogens (tertiary/aromatic N) is 1. The molecule has 1 atom stereocenters. The van der Waals surface area contributed by atoms with Crippen LogP contribution in [0, 0.1) is 6.92 Å². The Morgan fingerprint density at radius 1 is 1.33 bits per heavy atom. The fraction of sp³-hybridized carbons (Fsp3) is 0.529. The Balaban J connectivity index is 0.00000288. The first-order chi connectivity index (χ1) is 11.0. The van der Waals surface area contributed by atoms with Gasteiger partial charge in [-0.3, -0.25) is 9.59 Å². The SMILES string of the molecule is CCCC(N)C(=O)Nc1ccc(C(=O)N2CCSCC2)cc1C.Cl. The van der Waals surface area contributed by atoms with Gasteiger partial charge in [0.15, 0.2) is 0 Å². The van der Waals surface area contributed by atoms with E-state index in [1.54, 1.807) is 12.1 Å². The number of anilines is 1. The minimum atomic E-state index is -0.494. The summed E-state index contributed by atoms with van der Waals surface area (Å²) in [5, 5.41) is 2.85. The minimum absolute atomic E-state index is 0. The molecule has 1 aliphatic heterocycles. The normalized spacial score (nSPS) is 15.4. The van der Waals surface area contributed by atoms with Crippen LogP contribution in [-0.4, -0.2) is 47.4 Å². The van der Waals surface area contributed by atoms with Gasteiger partial charge in [-0.25, -0.2) is 0 Å².